The predicted octanol–water partition coefficient (Wildman–Crippen LogP) is 1.97. The molecule has 2 atom stereocenters. The van der Waals surface area contributed by atoms with Gasteiger partial charge in [-0.3, -0.25) is 4.79 Å². The van der Waals surface area contributed by atoms with E-state index in [9.17, 15) is 9.18 Å². The first kappa shape index (κ1) is 13.6. The van der Waals surface area contributed by atoms with Gasteiger partial charge < -0.3 is 10.2 Å². The average molecular weight is 276 g/mol. The third kappa shape index (κ3) is 3.01. The number of carbonyl (C=O) groups excluding carboxylic acids is 1. The van der Waals surface area contributed by atoms with Crippen LogP contribution in [-0.4, -0.2) is 36.5 Å². The van der Waals surface area contributed by atoms with Crippen molar-refractivity contribution in [2.75, 3.05) is 19.6 Å². The molecule has 108 valence electrons. The molecule has 3 rings (SSSR count). The number of rotatable bonds is 3. The molecule has 0 saturated carbocycles. The Bertz CT molecular complexity index is 468. The lowest BCUT2D eigenvalue weighted by Gasteiger charge is -2.20. The fourth-order valence-electron chi connectivity index (χ4n) is 3.27. The van der Waals surface area contributed by atoms with Crippen LogP contribution in [0.2, 0.25) is 0 Å². The second-order valence-electron chi connectivity index (χ2n) is 5.92. The van der Waals surface area contributed by atoms with Gasteiger partial charge in [0.15, 0.2) is 0 Å². The molecule has 2 heterocycles. The molecule has 0 aromatic heterocycles. The standard InChI is InChI=1S/C16H21FN2O/c17-14-5-3-12(4-6-14)10-13-7-9-19(11-13)16(20)15-2-1-8-18-15/h3-6,13,15,18H,1-2,7-11H2. The number of benzene rings is 1. The maximum Gasteiger partial charge on any atom is 0.239 e. The fraction of sp³-hybridized carbons (Fsp3) is 0.562. The zero-order chi connectivity index (χ0) is 13.9. The quantitative estimate of drug-likeness (QED) is 0.915. The molecular formula is C16H21FN2O. The summed E-state index contributed by atoms with van der Waals surface area (Å²) in [5.74, 6) is 0.583. The van der Waals surface area contributed by atoms with Crippen LogP contribution in [-0.2, 0) is 11.2 Å². The molecule has 4 heteroatoms. The molecule has 1 aromatic carbocycles. The van der Waals surface area contributed by atoms with Crippen molar-refractivity contribution in [2.24, 2.45) is 5.92 Å². The summed E-state index contributed by atoms with van der Waals surface area (Å²) in [5.41, 5.74) is 1.16. The zero-order valence-electron chi connectivity index (χ0n) is 11.6. The number of nitrogens with one attached hydrogen (secondary N) is 1. The minimum Gasteiger partial charge on any atom is -0.341 e. The van der Waals surface area contributed by atoms with E-state index < -0.39 is 0 Å². The van der Waals surface area contributed by atoms with Gasteiger partial charge in [-0.05, 0) is 55.8 Å². The van der Waals surface area contributed by atoms with Gasteiger partial charge in [-0.2, -0.15) is 0 Å². The summed E-state index contributed by atoms with van der Waals surface area (Å²) in [4.78, 5) is 14.3. The molecule has 3 nitrogen and oxygen atoms in total. The minimum atomic E-state index is -0.190. The Morgan fingerprint density at radius 2 is 2.10 bits per heavy atom. The van der Waals surface area contributed by atoms with E-state index in [1.807, 2.05) is 17.0 Å². The van der Waals surface area contributed by atoms with E-state index in [0.29, 0.717) is 5.92 Å². The Kier molecular flexibility index (Phi) is 4.01. The van der Waals surface area contributed by atoms with Crippen molar-refractivity contribution in [1.82, 2.24) is 10.2 Å². The van der Waals surface area contributed by atoms with E-state index >= 15 is 0 Å². The highest BCUT2D eigenvalue weighted by atomic mass is 19.1. The average Bonchev–Trinajstić information content (AvgIpc) is 3.12. The van der Waals surface area contributed by atoms with Gasteiger partial charge in [0, 0.05) is 13.1 Å². The minimum absolute atomic E-state index is 0.0413. The van der Waals surface area contributed by atoms with E-state index in [0.717, 1.165) is 50.9 Å². The summed E-state index contributed by atoms with van der Waals surface area (Å²) in [7, 11) is 0. The fourth-order valence-corrected chi connectivity index (χ4v) is 3.27. The first-order chi connectivity index (χ1) is 9.72. The van der Waals surface area contributed by atoms with Gasteiger partial charge in [-0.1, -0.05) is 12.1 Å². The molecule has 2 fully saturated rings. The van der Waals surface area contributed by atoms with Gasteiger partial charge in [0.05, 0.1) is 6.04 Å². The Morgan fingerprint density at radius 1 is 1.30 bits per heavy atom. The molecule has 1 aromatic rings. The van der Waals surface area contributed by atoms with Crippen LogP contribution in [0, 0.1) is 11.7 Å². The third-order valence-corrected chi connectivity index (χ3v) is 4.39. The van der Waals surface area contributed by atoms with Crippen molar-refractivity contribution in [3.8, 4) is 0 Å². The molecule has 2 saturated heterocycles. The van der Waals surface area contributed by atoms with Crippen molar-refractivity contribution < 1.29 is 9.18 Å². The summed E-state index contributed by atoms with van der Waals surface area (Å²) >= 11 is 0. The van der Waals surface area contributed by atoms with Gasteiger partial charge in [0.25, 0.3) is 0 Å². The molecule has 0 bridgehead atoms. The molecule has 1 amide bonds. The molecule has 0 radical (unpaired) electrons. The first-order valence-corrected chi connectivity index (χ1v) is 7.49. The number of nitrogens with zero attached hydrogens (tertiary/aromatic N) is 1. The van der Waals surface area contributed by atoms with Crippen LogP contribution in [0.4, 0.5) is 4.39 Å². The van der Waals surface area contributed by atoms with Crippen molar-refractivity contribution in [1.29, 1.82) is 0 Å². The van der Waals surface area contributed by atoms with Crippen molar-refractivity contribution >= 4 is 5.91 Å². The molecule has 0 spiro atoms. The Morgan fingerprint density at radius 3 is 2.80 bits per heavy atom. The lowest BCUT2D eigenvalue weighted by atomic mass is 9.99. The first-order valence-electron chi connectivity index (χ1n) is 7.49. The lowest BCUT2D eigenvalue weighted by molar-refractivity contribution is -0.132. The second kappa shape index (κ2) is 5.92. The summed E-state index contributed by atoms with van der Waals surface area (Å²) < 4.78 is 12.9. The third-order valence-electron chi connectivity index (χ3n) is 4.39. The Balaban J connectivity index is 1.54. The highest BCUT2D eigenvalue weighted by Gasteiger charge is 2.31. The number of amides is 1. The SMILES string of the molecule is O=C(C1CCCN1)N1CCC(Cc2ccc(F)cc2)C1. The van der Waals surface area contributed by atoms with Crippen LogP contribution in [0.25, 0.3) is 0 Å². The van der Waals surface area contributed by atoms with Gasteiger partial charge in [0.1, 0.15) is 5.82 Å². The zero-order valence-corrected chi connectivity index (χ0v) is 11.6. The van der Waals surface area contributed by atoms with Crippen LogP contribution in [0.3, 0.4) is 0 Å². The number of likely N-dealkylation sites (tertiary alicyclic amines) is 1. The number of hydrogen-bond donors (Lipinski definition) is 1. The highest BCUT2D eigenvalue weighted by molar-refractivity contribution is 5.82. The maximum atomic E-state index is 12.9. The molecule has 2 unspecified atom stereocenters. The number of carbonyl (C=O) groups is 1. The topological polar surface area (TPSA) is 32.3 Å². The molecular weight excluding hydrogens is 255 g/mol. The normalized spacial score (nSPS) is 26.1. The highest BCUT2D eigenvalue weighted by Crippen LogP contribution is 2.22. The molecule has 2 aliphatic heterocycles. The van der Waals surface area contributed by atoms with Crippen molar-refractivity contribution in [3.05, 3.63) is 35.6 Å². The van der Waals surface area contributed by atoms with Crippen molar-refractivity contribution in [3.63, 3.8) is 0 Å². The summed E-state index contributed by atoms with van der Waals surface area (Å²) in [6.45, 7) is 2.67. The van der Waals surface area contributed by atoms with Gasteiger partial charge >= 0.3 is 0 Å². The number of hydrogen-bond acceptors (Lipinski definition) is 2. The number of halogens is 1. The summed E-state index contributed by atoms with van der Waals surface area (Å²) in [6.07, 6.45) is 4.05. The Hall–Kier alpha value is -1.42. The molecule has 20 heavy (non-hydrogen) atoms. The second-order valence-corrected chi connectivity index (χ2v) is 5.92. The summed E-state index contributed by atoms with van der Waals surface area (Å²) in [6, 6.07) is 6.75. The van der Waals surface area contributed by atoms with E-state index in [1.54, 1.807) is 0 Å². The van der Waals surface area contributed by atoms with E-state index in [-0.39, 0.29) is 17.8 Å². The van der Waals surface area contributed by atoms with Gasteiger partial charge in [0.2, 0.25) is 5.91 Å². The Labute approximate surface area is 119 Å². The van der Waals surface area contributed by atoms with Gasteiger partial charge in [-0.15, -0.1) is 0 Å². The molecule has 2 aliphatic rings. The van der Waals surface area contributed by atoms with Crippen LogP contribution < -0.4 is 5.32 Å². The maximum absolute atomic E-state index is 12.9. The van der Waals surface area contributed by atoms with E-state index in [2.05, 4.69) is 5.32 Å². The molecule has 1 N–H and O–H groups in total. The van der Waals surface area contributed by atoms with Crippen LogP contribution in [0.15, 0.2) is 24.3 Å². The van der Waals surface area contributed by atoms with Crippen LogP contribution in [0.5, 0.6) is 0 Å². The van der Waals surface area contributed by atoms with Crippen molar-refractivity contribution in [2.45, 2.75) is 31.7 Å². The van der Waals surface area contributed by atoms with Gasteiger partial charge in [-0.25, -0.2) is 4.39 Å². The van der Waals surface area contributed by atoms with E-state index in [4.69, 9.17) is 0 Å². The largest absolute Gasteiger partial charge is 0.341 e. The monoisotopic (exact) mass is 276 g/mol. The summed E-state index contributed by atoms with van der Waals surface area (Å²) in [5, 5.41) is 3.27. The van der Waals surface area contributed by atoms with Crippen LogP contribution in [0.1, 0.15) is 24.8 Å². The smallest absolute Gasteiger partial charge is 0.239 e. The predicted molar refractivity (Wildman–Crippen MR) is 75.8 cm³/mol. The van der Waals surface area contributed by atoms with Crippen LogP contribution >= 0.6 is 0 Å². The molecule has 0 aliphatic carbocycles. The lowest BCUT2D eigenvalue weighted by Crippen LogP contribution is -2.42. The van der Waals surface area contributed by atoms with E-state index in [1.165, 1.54) is 12.1 Å².